The summed E-state index contributed by atoms with van der Waals surface area (Å²) < 4.78 is 55.3. The van der Waals surface area contributed by atoms with Gasteiger partial charge >= 0.3 is 18.2 Å². The minimum absolute atomic E-state index is 0.148. The highest BCUT2D eigenvalue weighted by molar-refractivity contribution is 5.78. The molecule has 0 atom stereocenters. The number of rotatable bonds is 10. The fourth-order valence-corrected chi connectivity index (χ4v) is 3.58. The molecule has 3 aromatic carbocycles. The van der Waals surface area contributed by atoms with Crippen LogP contribution in [0.4, 0.5) is 24.0 Å². The molecular formula is C27H24F3N3O6. The number of para-hydroxylation sites is 2. The molecule has 0 saturated carbocycles. The van der Waals surface area contributed by atoms with Gasteiger partial charge in [-0.25, -0.2) is 4.79 Å². The molecule has 9 nitrogen and oxygen atoms in total. The first-order valence-electron chi connectivity index (χ1n) is 11.7. The minimum Gasteiger partial charge on any atom is -0.492 e. The van der Waals surface area contributed by atoms with Crippen molar-refractivity contribution in [1.29, 1.82) is 0 Å². The Morgan fingerprint density at radius 2 is 1.74 bits per heavy atom. The van der Waals surface area contributed by atoms with E-state index in [1.165, 1.54) is 6.07 Å². The maximum atomic E-state index is 12.9. The number of hydrogen-bond acceptors (Lipinski definition) is 7. The highest BCUT2D eigenvalue weighted by Gasteiger charge is 2.31. The third kappa shape index (κ3) is 7.40. The number of carboxylic acids is 1. The van der Waals surface area contributed by atoms with Crippen molar-refractivity contribution in [2.24, 2.45) is 0 Å². The molecule has 1 heterocycles. The van der Waals surface area contributed by atoms with Crippen LogP contribution in [-0.4, -0.2) is 53.8 Å². The fraction of sp³-hybridized carbons (Fsp3) is 0.222. The Bertz CT molecular complexity index is 1410. The Morgan fingerprint density at radius 3 is 2.44 bits per heavy atom. The number of alkyl halides is 3. The van der Waals surface area contributed by atoms with Crippen LogP contribution in [-0.2, 0) is 17.5 Å². The maximum absolute atomic E-state index is 12.9. The zero-order valence-corrected chi connectivity index (χ0v) is 20.7. The number of amides is 1. The number of nitrogens with zero attached hydrogens (tertiary/aromatic N) is 3. The number of fused-ring (bicyclic) bond motifs is 1. The molecule has 0 aliphatic heterocycles. The lowest BCUT2D eigenvalue weighted by Gasteiger charge is -2.21. The zero-order valence-electron chi connectivity index (χ0n) is 20.7. The molecule has 0 fully saturated rings. The van der Waals surface area contributed by atoms with Crippen LogP contribution >= 0.6 is 0 Å². The summed E-state index contributed by atoms with van der Waals surface area (Å²) in [6.07, 6.45) is -5.72. The highest BCUT2D eigenvalue weighted by Crippen LogP contribution is 2.31. The van der Waals surface area contributed by atoms with Gasteiger partial charge in [0.1, 0.15) is 30.2 Å². The molecule has 0 radical (unpaired) electrons. The van der Waals surface area contributed by atoms with Crippen LogP contribution in [0.2, 0.25) is 0 Å². The van der Waals surface area contributed by atoms with Gasteiger partial charge < -0.3 is 23.9 Å². The van der Waals surface area contributed by atoms with E-state index < -0.39 is 30.3 Å². The van der Waals surface area contributed by atoms with Gasteiger partial charge in [-0.2, -0.15) is 18.2 Å². The van der Waals surface area contributed by atoms with Crippen molar-refractivity contribution < 1.29 is 41.8 Å². The van der Waals surface area contributed by atoms with E-state index in [2.05, 4.69) is 4.98 Å². The van der Waals surface area contributed by atoms with Crippen molar-refractivity contribution in [3.05, 3.63) is 83.9 Å². The SMILES string of the molecule is CN(CCOc1ccc(CN(CC(=O)O)C(=O)Oc2cccc(C(F)(F)F)c2)cc1)c1nc2ccccc2o1. The normalized spacial score (nSPS) is 11.3. The standard InChI is InChI=1S/C27H24F3N3O6/c1-32(25-31-22-7-2-3-8-23(22)39-25)13-14-37-20-11-9-18(10-12-20)16-33(17-24(34)35)26(36)38-21-6-4-5-19(15-21)27(28,29)30/h2-12,15H,13-14,16-17H2,1H3,(H,34,35). The monoisotopic (exact) mass is 543 g/mol. The molecule has 4 aromatic rings. The summed E-state index contributed by atoms with van der Waals surface area (Å²) in [6, 6.07) is 18.3. The quantitative estimate of drug-likeness (QED) is 0.282. The Balaban J connectivity index is 1.32. The molecule has 204 valence electrons. The number of hydrogen-bond donors (Lipinski definition) is 1. The Labute approximate surface area is 221 Å². The second kappa shape index (κ2) is 11.8. The molecule has 0 saturated heterocycles. The lowest BCUT2D eigenvalue weighted by Crippen LogP contribution is -2.37. The van der Waals surface area contributed by atoms with Crippen LogP contribution in [0.25, 0.3) is 11.1 Å². The minimum atomic E-state index is -4.62. The van der Waals surface area contributed by atoms with Gasteiger partial charge in [0, 0.05) is 13.6 Å². The van der Waals surface area contributed by atoms with E-state index in [0.29, 0.717) is 42.1 Å². The molecule has 4 rings (SSSR count). The largest absolute Gasteiger partial charge is 0.492 e. The van der Waals surface area contributed by atoms with Crippen molar-refractivity contribution in [3.63, 3.8) is 0 Å². The van der Waals surface area contributed by atoms with Gasteiger partial charge in [0.2, 0.25) is 0 Å². The summed E-state index contributed by atoms with van der Waals surface area (Å²) in [4.78, 5) is 31.0. The third-order valence-electron chi connectivity index (χ3n) is 5.55. The first-order chi connectivity index (χ1) is 18.6. The van der Waals surface area contributed by atoms with Gasteiger partial charge in [-0.1, -0.05) is 30.3 Å². The smallest absolute Gasteiger partial charge is 0.416 e. The van der Waals surface area contributed by atoms with Crippen LogP contribution in [0.3, 0.4) is 0 Å². The van der Waals surface area contributed by atoms with Gasteiger partial charge in [-0.3, -0.25) is 9.69 Å². The summed E-state index contributed by atoms with van der Waals surface area (Å²) >= 11 is 0. The molecule has 0 aliphatic rings. The summed E-state index contributed by atoms with van der Waals surface area (Å²) in [5, 5.41) is 9.20. The predicted octanol–water partition coefficient (Wildman–Crippen LogP) is 5.45. The van der Waals surface area contributed by atoms with E-state index in [-0.39, 0.29) is 12.3 Å². The lowest BCUT2D eigenvalue weighted by atomic mass is 10.2. The first kappa shape index (κ1) is 27.3. The average Bonchev–Trinajstić information content (AvgIpc) is 3.33. The molecule has 1 N–H and O–H groups in total. The number of carbonyl (C=O) groups is 2. The number of carboxylic acid groups (broad SMARTS) is 1. The summed E-state index contributed by atoms with van der Waals surface area (Å²) in [5.74, 6) is -1.11. The number of aliphatic carboxylic acids is 1. The van der Waals surface area contributed by atoms with Crippen molar-refractivity contribution in [2.45, 2.75) is 12.7 Å². The number of carbonyl (C=O) groups excluding carboxylic acids is 1. The molecule has 0 bridgehead atoms. The van der Waals surface area contributed by atoms with E-state index in [4.69, 9.17) is 13.9 Å². The molecule has 12 heteroatoms. The lowest BCUT2D eigenvalue weighted by molar-refractivity contribution is -0.138. The van der Waals surface area contributed by atoms with Crippen molar-refractivity contribution in [2.75, 3.05) is 31.6 Å². The van der Waals surface area contributed by atoms with E-state index in [1.54, 1.807) is 24.3 Å². The molecular weight excluding hydrogens is 519 g/mol. The summed E-state index contributed by atoms with van der Waals surface area (Å²) in [5.41, 5.74) is 1.01. The number of likely N-dealkylation sites (N-methyl/N-ethyl adjacent to an activating group) is 1. The average molecular weight is 543 g/mol. The van der Waals surface area contributed by atoms with Crippen LogP contribution in [0.5, 0.6) is 11.5 Å². The molecule has 0 aliphatic carbocycles. The third-order valence-corrected chi connectivity index (χ3v) is 5.55. The van der Waals surface area contributed by atoms with Crippen molar-refractivity contribution >= 4 is 29.2 Å². The number of aromatic nitrogens is 1. The number of ether oxygens (including phenoxy) is 2. The number of benzene rings is 3. The van der Waals surface area contributed by atoms with Gasteiger partial charge in [0.15, 0.2) is 5.58 Å². The van der Waals surface area contributed by atoms with Crippen LogP contribution in [0.15, 0.2) is 77.2 Å². The van der Waals surface area contributed by atoms with Gasteiger partial charge in [0.25, 0.3) is 6.01 Å². The van der Waals surface area contributed by atoms with Crippen LogP contribution < -0.4 is 14.4 Å². The molecule has 1 amide bonds. The Hall–Kier alpha value is -4.74. The summed E-state index contributed by atoms with van der Waals surface area (Å²) in [7, 11) is 1.83. The number of oxazole rings is 1. The van der Waals surface area contributed by atoms with E-state index >= 15 is 0 Å². The zero-order chi connectivity index (χ0) is 28.0. The number of anilines is 1. The fourth-order valence-electron chi connectivity index (χ4n) is 3.58. The van der Waals surface area contributed by atoms with Crippen LogP contribution in [0.1, 0.15) is 11.1 Å². The summed E-state index contributed by atoms with van der Waals surface area (Å²) in [6.45, 7) is -0.0472. The van der Waals surface area contributed by atoms with E-state index in [0.717, 1.165) is 22.5 Å². The van der Waals surface area contributed by atoms with Crippen LogP contribution in [0, 0.1) is 0 Å². The topological polar surface area (TPSA) is 105 Å². The molecule has 0 spiro atoms. The Kier molecular flexibility index (Phi) is 8.23. The molecule has 0 unspecified atom stereocenters. The van der Waals surface area contributed by atoms with Crippen molar-refractivity contribution in [3.8, 4) is 11.5 Å². The second-order valence-electron chi connectivity index (χ2n) is 8.52. The van der Waals surface area contributed by atoms with E-state index in [1.807, 2.05) is 36.2 Å². The number of halogens is 3. The van der Waals surface area contributed by atoms with Gasteiger partial charge in [-0.15, -0.1) is 0 Å². The Morgan fingerprint density at radius 1 is 1.00 bits per heavy atom. The predicted molar refractivity (Wildman–Crippen MR) is 135 cm³/mol. The second-order valence-corrected chi connectivity index (χ2v) is 8.52. The van der Waals surface area contributed by atoms with Gasteiger partial charge in [-0.05, 0) is 48.0 Å². The first-order valence-corrected chi connectivity index (χ1v) is 11.7. The maximum Gasteiger partial charge on any atom is 0.416 e. The van der Waals surface area contributed by atoms with Crippen molar-refractivity contribution in [1.82, 2.24) is 9.88 Å². The van der Waals surface area contributed by atoms with E-state index in [9.17, 15) is 27.9 Å². The highest BCUT2D eigenvalue weighted by atomic mass is 19.4. The molecule has 39 heavy (non-hydrogen) atoms. The molecule has 1 aromatic heterocycles. The van der Waals surface area contributed by atoms with Gasteiger partial charge in [0.05, 0.1) is 12.1 Å².